The molecule has 1 aromatic heterocycles. The summed E-state index contributed by atoms with van der Waals surface area (Å²) in [5.41, 5.74) is 0.442. The number of nitrogens with zero attached hydrogens (tertiary/aromatic N) is 2. The van der Waals surface area contributed by atoms with Crippen LogP contribution in [0.3, 0.4) is 0 Å². The van der Waals surface area contributed by atoms with Gasteiger partial charge in [-0.3, -0.25) is 0 Å². The van der Waals surface area contributed by atoms with E-state index in [1.54, 1.807) is 6.92 Å². The van der Waals surface area contributed by atoms with Gasteiger partial charge in [0.2, 0.25) is 0 Å². The maximum atomic E-state index is 13.7. The Hall–Kier alpha value is -0.840. The summed E-state index contributed by atoms with van der Waals surface area (Å²) in [5, 5.41) is 3.29. The van der Waals surface area contributed by atoms with Gasteiger partial charge in [0.15, 0.2) is 11.6 Å². The van der Waals surface area contributed by atoms with Crippen molar-refractivity contribution in [3.8, 4) is 0 Å². The van der Waals surface area contributed by atoms with Crippen LogP contribution in [-0.4, -0.2) is 22.3 Å². The number of thioether (sulfide) groups is 1. The van der Waals surface area contributed by atoms with Gasteiger partial charge >= 0.3 is 0 Å². The zero-order valence-electron chi connectivity index (χ0n) is 10.3. The highest BCUT2D eigenvalue weighted by Gasteiger charge is 2.21. The van der Waals surface area contributed by atoms with Crippen molar-refractivity contribution < 1.29 is 4.39 Å². The first-order valence-corrected chi connectivity index (χ1v) is 7.16. The fraction of sp³-hybridized carbons (Fsp3) is 0.667. The van der Waals surface area contributed by atoms with Crippen LogP contribution in [0, 0.1) is 12.7 Å². The predicted octanol–water partition coefficient (Wildman–Crippen LogP) is 3.31. The van der Waals surface area contributed by atoms with Gasteiger partial charge in [0.05, 0.1) is 10.9 Å². The standard InChI is InChI=1S/C12H18FN3S/c1-3-14-12-10(13)8(2)15-11(16-12)9-6-4-5-7-17-9/h9H,3-7H2,1-2H3,(H,14,15,16). The van der Waals surface area contributed by atoms with E-state index in [0.29, 0.717) is 23.3 Å². The molecular weight excluding hydrogens is 237 g/mol. The Morgan fingerprint density at radius 3 is 2.88 bits per heavy atom. The molecule has 1 unspecified atom stereocenters. The van der Waals surface area contributed by atoms with E-state index >= 15 is 0 Å². The molecule has 17 heavy (non-hydrogen) atoms. The van der Waals surface area contributed by atoms with E-state index in [-0.39, 0.29) is 5.82 Å². The maximum absolute atomic E-state index is 13.7. The number of aromatic nitrogens is 2. The number of hydrogen-bond acceptors (Lipinski definition) is 4. The van der Waals surface area contributed by atoms with Crippen molar-refractivity contribution in [2.75, 3.05) is 17.6 Å². The smallest absolute Gasteiger partial charge is 0.186 e. The largest absolute Gasteiger partial charge is 0.368 e. The lowest BCUT2D eigenvalue weighted by atomic mass is 10.2. The van der Waals surface area contributed by atoms with Crippen molar-refractivity contribution in [3.05, 3.63) is 17.3 Å². The molecule has 3 nitrogen and oxygen atoms in total. The number of rotatable bonds is 3. The summed E-state index contributed by atoms with van der Waals surface area (Å²) in [6.45, 7) is 4.31. The molecule has 1 N–H and O–H groups in total. The van der Waals surface area contributed by atoms with E-state index in [0.717, 1.165) is 18.0 Å². The molecule has 1 fully saturated rings. The Kier molecular flexibility index (Phi) is 4.20. The van der Waals surface area contributed by atoms with Gasteiger partial charge in [-0.15, -0.1) is 0 Å². The van der Waals surface area contributed by atoms with Crippen molar-refractivity contribution in [1.82, 2.24) is 9.97 Å². The van der Waals surface area contributed by atoms with E-state index < -0.39 is 0 Å². The monoisotopic (exact) mass is 255 g/mol. The molecule has 5 heteroatoms. The molecule has 0 aliphatic carbocycles. The summed E-state index contributed by atoms with van der Waals surface area (Å²) in [5.74, 6) is 1.96. The van der Waals surface area contributed by atoms with Crippen molar-refractivity contribution in [3.63, 3.8) is 0 Å². The van der Waals surface area contributed by atoms with Gasteiger partial charge in [-0.25, -0.2) is 14.4 Å². The lowest BCUT2D eigenvalue weighted by Gasteiger charge is -2.21. The number of aryl methyl sites for hydroxylation is 1. The molecule has 2 rings (SSSR count). The van der Waals surface area contributed by atoms with Gasteiger partial charge in [-0.05, 0) is 32.4 Å². The third kappa shape index (κ3) is 2.89. The minimum absolute atomic E-state index is 0.323. The fourth-order valence-electron chi connectivity index (χ4n) is 1.95. The second-order valence-corrected chi connectivity index (χ2v) is 5.53. The van der Waals surface area contributed by atoms with Gasteiger partial charge < -0.3 is 5.32 Å². The number of anilines is 1. The molecule has 1 saturated heterocycles. The minimum atomic E-state index is -0.323. The van der Waals surface area contributed by atoms with Crippen molar-refractivity contribution in [1.29, 1.82) is 0 Å². The van der Waals surface area contributed by atoms with Crippen LogP contribution in [0.2, 0.25) is 0 Å². The SMILES string of the molecule is CCNc1nc(C2CCCCS2)nc(C)c1F. The molecule has 94 valence electrons. The molecule has 1 aromatic rings. The quantitative estimate of drug-likeness (QED) is 0.899. The third-order valence-corrected chi connectivity index (χ3v) is 4.22. The van der Waals surface area contributed by atoms with Crippen LogP contribution < -0.4 is 5.32 Å². The van der Waals surface area contributed by atoms with Crippen LogP contribution in [0.5, 0.6) is 0 Å². The van der Waals surface area contributed by atoms with Crippen LogP contribution in [0.25, 0.3) is 0 Å². The van der Waals surface area contributed by atoms with E-state index in [4.69, 9.17) is 0 Å². The zero-order valence-corrected chi connectivity index (χ0v) is 11.1. The Morgan fingerprint density at radius 2 is 2.24 bits per heavy atom. The topological polar surface area (TPSA) is 37.8 Å². The Balaban J connectivity index is 2.27. The van der Waals surface area contributed by atoms with Gasteiger partial charge in [-0.1, -0.05) is 6.42 Å². The van der Waals surface area contributed by atoms with Gasteiger partial charge in [0, 0.05) is 6.54 Å². The molecule has 1 aliphatic rings. The summed E-state index contributed by atoms with van der Waals surface area (Å²) < 4.78 is 13.7. The maximum Gasteiger partial charge on any atom is 0.186 e. The van der Waals surface area contributed by atoms with E-state index in [9.17, 15) is 4.39 Å². The zero-order chi connectivity index (χ0) is 12.3. The summed E-state index contributed by atoms with van der Waals surface area (Å²) >= 11 is 1.88. The molecule has 1 aliphatic heterocycles. The minimum Gasteiger partial charge on any atom is -0.368 e. The first-order valence-electron chi connectivity index (χ1n) is 6.12. The number of halogens is 1. The summed E-state index contributed by atoms with van der Waals surface area (Å²) in [6.07, 6.45) is 3.58. The Labute approximate surface area is 106 Å². The van der Waals surface area contributed by atoms with Crippen LogP contribution in [0.1, 0.15) is 43.0 Å². The second kappa shape index (κ2) is 5.67. The highest BCUT2D eigenvalue weighted by Crippen LogP contribution is 2.37. The molecule has 0 radical (unpaired) electrons. The first kappa shape index (κ1) is 12.6. The molecule has 0 saturated carbocycles. The first-order chi connectivity index (χ1) is 8.22. The normalized spacial score (nSPS) is 20.3. The molecule has 0 aromatic carbocycles. The summed E-state index contributed by atoms with van der Waals surface area (Å²) in [4.78, 5) is 8.62. The average Bonchev–Trinajstić information content (AvgIpc) is 2.36. The van der Waals surface area contributed by atoms with Crippen molar-refractivity contribution >= 4 is 17.6 Å². The highest BCUT2D eigenvalue weighted by atomic mass is 32.2. The summed E-state index contributed by atoms with van der Waals surface area (Å²) in [6, 6.07) is 0. The molecule has 2 heterocycles. The van der Waals surface area contributed by atoms with Crippen LogP contribution >= 0.6 is 11.8 Å². The van der Waals surface area contributed by atoms with Gasteiger partial charge in [-0.2, -0.15) is 11.8 Å². The number of nitrogens with one attached hydrogen (secondary N) is 1. The lowest BCUT2D eigenvalue weighted by Crippen LogP contribution is -2.12. The number of hydrogen-bond donors (Lipinski definition) is 1. The summed E-state index contributed by atoms with van der Waals surface area (Å²) in [7, 11) is 0. The molecular formula is C12H18FN3S. The van der Waals surface area contributed by atoms with Gasteiger partial charge in [0.25, 0.3) is 0 Å². The fourth-order valence-corrected chi connectivity index (χ4v) is 3.20. The Bertz CT molecular complexity index is 392. The van der Waals surface area contributed by atoms with Gasteiger partial charge in [0.1, 0.15) is 5.82 Å². The average molecular weight is 255 g/mol. The molecule has 1 atom stereocenters. The van der Waals surface area contributed by atoms with Crippen molar-refractivity contribution in [2.24, 2.45) is 0 Å². The second-order valence-electron chi connectivity index (χ2n) is 4.22. The highest BCUT2D eigenvalue weighted by molar-refractivity contribution is 7.99. The molecule has 0 bridgehead atoms. The predicted molar refractivity (Wildman–Crippen MR) is 69.9 cm³/mol. The van der Waals surface area contributed by atoms with Crippen LogP contribution in [-0.2, 0) is 0 Å². The molecule has 0 amide bonds. The van der Waals surface area contributed by atoms with E-state index in [1.807, 2.05) is 18.7 Å². The molecule has 0 spiro atoms. The third-order valence-electron chi connectivity index (χ3n) is 2.85. The van der Waals surface area contributed by atoms with Crippen LogP contribution in [0.4, 0.5) is 10.2 Å². The van der Waals surface area contributed by atoms with E-state index in [2.05, 4.69) is 15.3 Å². The van der Waals surface area contributed by atoms with E-state index in [1.165, 1.54) is 12.8 Å². The van der Waals surface area contributed by atoms with Crippen LogP contribution in [0.15, 0.2) is 0 Å². The van der Waals surface area contributed by atoms with Crippen molar-refractivity contribution in [2.45, 2.75) is 38.4 Å². The lowest BCUT2D eigenvalue weighted by molar-refractivity contribution is 0.591. The Morgan fingerprint density at radius 1 is 1.41 bits per heavy atom.